The Balaban J connectivity index is 1.81. The molecule has 0 aromatic rings. The van der Waals surface area contributed by atoms with Gasteiger partial charge in [-0.1, -0.05) is 40.0 Å². The van der Waals surface area contributed by atoms with Crippen LogP contribution in [0.1, 0.15) is 85.0 Å². The van der Waals surface area contributed by atoms with Gasteiger partial charge in [0.2, 0.25) is 0 Å². The second-order valence-corrected chi connectivity index (χ2v) is 8.87. The first kappa shape index (κ1) is 18.6. The first-order chi connectivity index (χ1) is 10.5. The molecule has 0 heterocycles. The van der Waals surface area contributed by atoms with Crippen molar-refractivity contribution in [3.8, 4) is 0 Å². The molecular weight excluding hydrogens is 295 g/mol. The highest BCUT2D eigenvalue weighted by Gasteiger charge is 2.38. The number of rotatable bonds is 6. The maximum Gasteiger partial charge on any atom is 0.117 e. The first-order valence-corrected chi connectivity index (χ1v) is 10.2. The molecule has 2 aliphatic rings. The van der Waals surface area contributed by atoms with Crippen molar-refractivity contribution in [3.05, 3.63) is 0 Å². The van der Waals surface area contributed by atoms with Crippen molar-refractivity contribution in [2.75, 3.05) is 0 Å². The molecule has 0 spiro atoms. The summed E-state index contributed by atoms with van der Waals surface area (Å²) in [4.78, 5) is 0. The molecule has 2 fully saturated rings. The summed E-state index contributed by atoms with van der Waals surface area (Å²) in [6, 6.07) is 0. The first-order valence-electron chi connectivity index (χ1n) is 9.81. The topological polar surface area (TPSA) is 0 Å². The van der Waals surface area contributed by atoms with Crippen molar-refractivity contribution in [2.45, 2.75) is 96.5 Å². The minimum Gasteiger partial charge on any atom is -0.246 e. The van der Waals surface area contributed by atoms with Gasteiger partial charge in [0.15, 0.2) is 0 Å². The number of halogens is 2. The zero-order valence-electron chi connectivity index (χ0n) is 14.9. The molecule has 0 radical (unpaired) electrons. The van der Waals surface area contributed by atoms with Crippen LogP contribution in [0.3, 0.4) is 0 Å². The van der Waals surface area contributed by atoms with Crippen molar-refractivity contribution in [2.24, 2.45) is 29.6 Å². The van der Waals surface area contributed by atoms with Crippen LogP contribution in [0.25, 0.3) is 0 Å². The molecule has 2 aliphatic carbocycles. The van der Waals surface area contributed by atoms with Gasteiger partial charge in [-0.15, -0.1) is 11.6 Å². The van der Waals surface area contributed by atoms with Gasteiger partial charge >= 0.3 is 0 Å². The Morgan fingerprint density at radius 1 is 1.00 bits per heavy atom. The lowest BCUT2D eigenvalue weighted by molar-refractivity contribution is 0.105. The standard InChI is InChI=1S/C20H36ClF/c1-4-15(9-8-14(2)3)16-10-12-17(13-11-16)18-6-5-7-19(22)20(18)21/h14-20H,4-13H2,1-3H3. The third-order valence-corrected chi connectivity index (χ3v) is 7.10. The van der Waals surface area contributed by atoms with Gasteiger partial charge in [-0.2, -0.15) is 0 Å². The summed E-state index contributed by atoms with van der Waals surface area (Å²) >= 11 is 6.40. The third kappa shape index (κ3) is 4.86. The number of hydrogen-bond donors (Lipinski definition) is 0. The molecule has 22 heavy (non-hydrogen) atoms. The summed E-state index contributed by atoms with van der Waals surface area (Å²) < 4.78 is 13.9. The molecule has 0 nitrogen and oxygen atoms in total. The largest absolute Gasteiger partial charge is 0.246 e. The van der Waals surface area contributed by atoms with Crippen LogP contribution in [0.15, 0.2) is 0 Å². The fourth-order valence-corrected chi connectivity index (χ4v) is 5.45. The average Bonchev–Trinajstić information content (AvgIpc) is 2.51. The molecule has 0 aromatic carbocycles. The average molecular weight is 331 g/mol. The Morgan fingerprint density at radius 2 is 1.68 bits per heavy atom. The molecule has 130 valence electrons. The van der Waals surface area contributed by atoms with E-state index in [0.29, 0.717) is 18.3 Å². The van der Waals surface area contributed by atoms with E-state index >= 15 is 0 Å². The second-order valence-electron chi connectivity index (χ2n) is 8.37. The molecule has 2 heteroatoms. The van der Waals surface area contributed by atoms with Gasteiger partial charge in [0.1, 0.15) is 6.17 Å². The van der Waals surface area contributed by atoms with Crippen LogP contribution in [0, 0.1) is 29.6 Å². The normalized spacial score (nSPS) is 38.2. The van der Waals surface area contributed by atoms with E-state index < -0.39 is 6.17 Å². The van der Waals surface area contributed by atoms with Gasteiger partial charge in [-0.3, -0.25) is 0 Å². The molecule has 0 aromatic heterocycles. The molecule has 0 amide bonds. The zero-order valence-corrected chi connectivity index (χ0v) is 15.6. The van der Waals surface area contributed by atoms with Crippen molar-refractivity contribution in [3.63, 3.8) is 0 Å². The van der Waals surface area contributed by atoms with Gasteiger partial charge < -0.3 is 0 Å². The van der Waals surface area contributed by atoms with Crippen molar-refractivity contribution >= 4 is 11.6 Å². The summed E-state index contributed by atoms with van der Waals surface area (Å²) in [7, 11) is 0. The maximum absolute atomic E-state index is 13.9. The van der Waals surface area contributed by atoms with Gasteiger partial charge in [0.05, 0.1) is 5.38 Å². The predicted octanol–water partition coefficient (Wildman–Crippen LogP) is 7.00. The maximum atomic E-state index is 13.9. The van der Waals surface area contributed by atoms with Gasteiger partial charge in [0, 0.05) is 0 Å². The molecule has 0 aliphatic heterocycles. The lowest BCUT2D eigenvalue weighted by atomic mass is 9.67. The van der Waals surface area contributed by atoms with Crippen molar-refractivity contribution < 1.29 is 4.39 Å². The van der Waals surface area contributed by atoms with Crippen LogP contribution >= 0.6 is 11.6 Å². The fraction of sp³-hybridized carbons (Fsp3) is 1.00. The summed E-state index contributed by atoms with van der Waals surface area (Å²) in [5.74, 6) is 3.79. The van der Waals surface area contributed by atoms with E-state index in [-0.39, 0.29) is 5.38 Å². The Morgan fingerprint density at radius 3 is 2.27 bits per heavy atom. The summed E-state index contributed by atoms with van der Waals surface area (Å²) in [5.41, 5.74) is 0. The minimum absolute atomic E-state index is 0.210. The van der Waals surface area contributed by atoms with Gasteiger partial charge in [-0.05, 0) is 74.5 Å². The minimum atomic E-state index is -0.757. The van der Waals surface area contributed by atoms with E-state index in [1.807, 2.05) is 0 Å². The van der Waals surface area contributed by atoms with Gasteiger partial charge in [-0.25, -0.2) is 4.39 Å². The van der Waals surface area contributed by atoms with Gasteiger partial charge in [0.25, 0.3) is 0 Å². The molecule has 0 N–H and O–H groups in total. The Labute approximate surface area is 142 Å². The highest BCUT2D eigenvalue weighted by atomic mass is 35.5. The number of hydrogen-bond acceptors (Lipinski definition) is 0. The van der Waals surface area contributed by atoms with Crippen molar-refractivity contribution in [1.82, 2.24) is 0 Å². The summed E-state index contributed by atoms with van der Waals surface area (Å²) in [6.07, 6.45) is 11.5. The molecule has 0 saturated heterocycles. The summed E-state index contributed by atoms with van der Waals surface area (Å²) in [5, 5.41) is -0.210. The summed E-state index contributed by atoms with van der Waals surface area (Å²) in [6.45, 7) is 7.03. The van der Waals surface area contributed by atoms with E-state index in [1.165, 1.54) is 44.9 Å². The fourth-order valence-electron chi connectivity index (χ4n) is 5.00. The Bertz CT molecular complexity index is 309. The predicted molar refractivity (Wildman–Crippen MR) is 95.2 cm³/mol. The van der Waals surface area contributed by atoms with E-state index in [1.54, 1.807) is 0 Å². The molecule has 4 unspecified atom stereocenters. The van der Waals surface area contributed by atoms with Crippen molar-refractivity contribution in [1.29, 1.82) is 0 Å². The second kappa shape index (κ2) is 8.90. The molecule has 4 atom stereocenters. The molecular formula is C20H36ClF. The van der Waals surface area contributed by atoms with Crippen LogP contribution < -0.4 is 0 Å². The number of alkyl halides is 2. The zero-order chi connectivity index (χ0) is 16.1. The van der Waals surface area contributed by atoms with Crippen LogP contribution in [0.5, 0.6) is 0 Å². The third-order valence-electron chi connectivity index (χ3n) is 6.50. The SMILES string of the molecule is CCC(CCC(C)C)C1CCC(C2CCCC(F)C2Cl)CC1. The highest BCUT2D eigenvalue weighted by Crippen LogP contribution is 2.45. The van der Waals surface area contributed by atoms with Crippen LogP contribution in [-0.4, -0.2) is 11.5 Å². The van der Waals surface area contributed by atoms with E-state index in [0.717, 1.165) is 30.6 Å². The molecule has 2 rings (SSSR count). The highest BCUT2D eigenvalue weighted by molar-refractivity contribution is 6.21. The molecule has 0 bridgehead atoms. The van der Waals surface area contributed by atoms with Crippen LogP contribution in [0.4, 0.5) is 4.39 Å². The Kier molecular flexibility index (Phi) is 7.51. The van der Waals surface area contributed by atoms with Crippen LogP contribution in [-0.2, 0) is 0 Å². The lowest BCUT2D eigenvalue weighted by Gasteiger charge is -2.41. The quantitative estimate of drug-likeness (QED) is 0.460. The monoisotopic (exact) mass is 330 g/mol. The lowest BCUT2D eigenvalue weighted by Crippen LogP contribution is -2.37. The van der Waals surface area contributed by atoms with Crippen LogP contribution in [0.2, 0.25) is 0 Å². The van der Waals surface area contributed by atoms with E-state index in [9.17, 15) is 4.39 Å². The van der Waals surface area contributed by atoms with E-state index in [4.69, 9.17) is 11.6 Å². The smallest absolute Gasteiger partial charge is 0.117 e. The Hall–Kier alpha value is 0.220. The van der Waals surface area contributed by atoms with E-state index in [2.05, 4.69) is 20.8 Å². The molecule has 2 saturated carbocycles.